The van der Waals surface area contributed by atoms with Crippen molar-refractivity contribution in [2.75, 3.05) is 13.1 Å². The molecule has 4 heteroatoms. The van der Waals surface area contributed by atoms with Crippen molar-refractivity contribution in [2.24, 2.45) is 5.92 Å². The lowest BCUT2D eigenvalue weighted by Gasteiger charge is -2.35. The van der Waals surface area contributed by atoms with Gasteiger partial charge in [-0.25, -0.2) is 4.39 Å². The highest BCUT2D eigenvalue weighted by molar-refractivity contribution is 6.31. The van der Waals surface area contributed by atoms with Crippen molar-refractivity contribution in [1.29, 1.82) is 0 Å². The maximum absolute atomic E-state index is 13.0. The summed E-state index contributed by atoms with van der Waals surface area (Å²) in [4.78, 5) is 2.28. The van der Waals surface area contributed by atoms with E-state index in [0.29, 0.717) is 10.9 Å². The van der Waals surface area contributed by atoms with E-state index in [1.54, 1.807) is 6.07 Å². The zero-order chi connectivity index (χ0) is 13.1. The van der Waals surface area contributed by atoms with E-state index >= 15 is 0 Å². The SMILES string of the molecule is CCC1CN(Cc2ccc(F)cc2Cl)CCC1O. The number of piperidine rings is 1. The molecule has 0 spiro atoms. The Bertz CT molecular complexity index is 413. The van der Waals surface area contributed by atoms with Crippen LogP contribution in [0.2, 0.25) is 5.02 Å². The minimum absolute atomic E-state index is 0.185. The standard InChI is InChI=1S/C14H19ClFNO/c1-2-10-8-17(6-5-14(10)18)9-11-3-4-12(16)7-13(11)15/h3-4,7,10,14,18H,2,5-6,8-9H2,1H3. The highest BCUT2D eigenvalue weighted by Gasteiger charge is 2.26. The average Bonchev–Trinajstić information content (AvgIpc) is 2.35. The van der Waals surface area contributed by atoms with Gasteiger partial charge in [-0.1, -0.05) is 24.6 Å². The molecular weight excluding hydrogens is 253 g/mol. The van der Waals surface area contributed by atoms with Gasteiger partial charge in [-0.15, -0.1) is 0 Å². The predicted octanol–water partition coefficient (Wildman–Crippen LogP) is 3.07. The number of aliphatic hydroxyl groups excluding tert-OH is 1. The van der Waals surface area contributed by atoms with Crippen LogP contribution in [-0.4, -0.2) is 29.2 Å². The monoisotopic (exact) mass is 271 g/mol. The first-order chi connectivity index (χ1) is 8.60. The fraction of sp³-hybridized carbons (Fsp3) is 0.571. The molecule has 0 saturated carbocycles. The number of benzene rings is 1. The zero-order valence-corrected chi connectivity index (χ0v) is 11.3. The summed E-state index contributed by atoms with van der Waals surface area (Å²) < 4.78 is 13.0. The van der Waals surface area contributed by atoms with E-state index in [9.17, 15) is 9.50 Å². The first kappa shape index (κ1) is 13.8. The Morgan fingerprint density at radius 1 is 1.50 bits per heavy atom. The Balaban J connectivity index is 2.01. The molecule has 0 amide bonds. The number of likely N-dealkylation sites (tertiary alicyclic amines) is 1. The third kappa shape index (κ3) is 3.22. The van der Waals surface area contributed by atoms with Gasteiger partial charge in [-0.3, -0.25) is 4.90 Å². The Morgan fingerprint density at radius 2 is 2.28 bits per heavy atom. The second-order valence-electron chi connectivity index (χ2n) is 5.00. The largest absolute Gasteiger partial charge is 0.393 e. The molecule has 2 unspecified atom stereocenters. The van der Waals surface area contributed by atoms with Gasteiger partial charge >= 0.3 is 0 Å². The first-order valence-corrected chi connectivity index (χ1v) is 6.82. The number of halogens is 2. The molecule has 2 nitrogen and oxygen atoms in total. The van der Waals surface area contributed by atoms with Crippen LogP contribution in [0, 0.1) is 11.7 Å². The number of aliphatic hydroxyl groups is 1. The van der Waals surface area contributed by atoms with Gasteiger partial charge in [0, 0.05) is 24.7 Å². The molecule has 0 aliphatic carbocycles. The quantitative estimate of drug-likeness (QED) is 0.913. The normalized spacial score (nSPS) is 25.3. The zero-order valence-electron chi connectivity index (χ0n) is 10.6. The fourth-order valence-corrected chi connectivity index (χ4v) is 2.76. The highest BCUT2D eigenvalue weighted by atomic mass is 35.5. The molecule has 1 heterocycles. The molecule has 0 aromatic heterocycles. The molecule has 0 bridgehead atoms. The number of rotatable bonds is 3. The van der Waals surface area contributed by atoms with Crippen LogP contribution >= 0.6 is 11.6 Å². The van der Waals surface area contributed by atoms with Crippen LogP contribution in [0.15, 0.2) is 18.2 Å². The molecule has 100 valence electrons. The van der Waals surface area contributed by atoms with E-state index in [0.717, 1.165) is 38.0 Å². The predicted molar refractivity (Wildman–Crippen MR) is 71.1 cm³/mol. The van der Waals surface area contributed by atoms with Crippen molar-refractivity contribution in [2.45, 2.75) is 32.4 Å². The van der Waals surface area contributed by atoms with E-state index in [1.807, 2.05) is 0 Å². The van der Waals surface area contributed by atoms with E-state index < -0.39 is 0 Å². The second-order valence-corrected chi connectivity index (χ2v) is 5.40. The van der Waals surface area contributed by atoms with Gasteiger partial charge in [0.1, 0.15) is 5.82 Å². The molecule has 1 aromatic rings. The molecule has 0 radical (unpaired) electrons. The van der Waals surface area contributed by atoms with Crippen LogP contribution in [0.4, 0.5) is 4.39 Å². The van der Waals surface area contributed by atoms with Crippen LogP contribution in [0.3, 0.4) is 0 Å². The molecule has 1 aliphatic heterocycles. The Kier molecular flexibility index (Phi) is 4.60. The van der Waals surface area contributed by atoms with Crippen LogP contribution in [0.1, 0.15) is 25.3 Å². The lowest BCUT2D eigenvalue weighted by molar-refractivity contribution is 0.0222. The summed E-state index contributed by atoms with van der Waals surface area (Å²) in [6.07, 6.45) is 1.60. The second kappa shape index (κ2) is 6.00. The van der Waals surface area contributed by atoms with Gasteiger partial charge < -0.3 is 5.11 Å². The lowest BCUT2D eigenvalue weighted by atomic mass is 9.92. The van der Waals surface area contributed by atoms with Crippen LogP contribution in [0.25, 0.3) is 0 Å². The third-order valence-electron chi connectivity index (χ3n) is 3.71. The van der Waals surface area contributed by atoms with Crippen molar-refractivity contribution in [3.8, 4) is 0 Å². The topological polar surface area (TPSA) is 23.5 Å². The van der Waals surface area contributed by atoms with Gasteiger partial charge in [0.25, 0.3) is 0 Å². The Labute approximate surface area is 112 Å². The third-order valence-corrected chi connectivity index (χ3v) is 4.06. The molecule has 2 atom stereocenters. The van der Waals surface area contributed by atoms with Crippen molar-refractivity contribution in [3.05, 3.63) is 34.6 Å². The fourth-order valence-electron chi connectivity index (χ4n) is 2.53. The van der Waals surface area contributed by atoms with Crippen LogP contribution < -0.4 is 0 Å². The summed E-state index contributed by atoms with van der Waals surface area (Å²) in [6, 6.07) is 4.54. The first-order valence-electron chi connectivity index (χ1n) is 6.44. The van der Waals surface area contributed by atoms with E-state index in [2.05, 4.69) is 11.8 Å². The molecule has 2 rings (SSSR count). The van der Waals surface area contributed by atoms with E-state index in [1.165, 1.54) is 12.1 Å². The lowest BCUT2D eigenvalue weighted by Crippen LogP contribution is -2.42. The Morgan fingerprint density at radius 3 is 2.94 bits per heavy atom. The summed E-state index contributed by atoms with van der Waals surface area (Å²) in [5.41, 5.74) is 0.948. The van der Waals surface area contributed by atoms with Gasteiger partial charge in [-0.05, 0) is 36.5 Å². The van der Waals surface area contributed by atoms with Crippen LogP contribution in [-0.2, 0) is 6.54 Å². The smallest absolute Gasteiger partial charge is 0.124 e. The van der Waals surface area contributed by atoms with Gasteiger partial charge in [0.2, 0.25) is 0 Å². The van der Waals surface area contributed by atoms with Gasteiger partial charge in [0.05, 0.1) is 6.10 Å². The number of hydrogen-bond donors (Lipinski definition) is 1. The minimum atomic E-state index is -0.302. The summed E-state index contributed by atoms with van der Waals surface area (Å²) in [5, 5.41) is 10.3. The summed E-state index contributed by atoms with van der Waals surface area (Å²) in [6.45, 7) is 4.57. The van der Waals surface area contributed by atoms with Crippen LogP contribution in [0.5, 0.6) is 0 Å². The number of nitrogens with zero attached hydrogens (tertiary/aromatic N) is 1. The summed E-state index contributed by atoms with van der Waals surface area (Å²) in [7, 11) is 0. The molecule has 18 heavy (non-hydrogen) atoms. The maximum Gasteiger partial charge on any atom is 0.124 e. The van der Waals surface area contributed by atoms with Gasteiger partial charge in [-0.2, -0.15) is 0 Å². The number of hydrogen-bond acceptors (Lipinski definition) is 2. The molecule has 1 aromatic carbocycles. The van der Waals surface area contributed by atoms with E-state index in [-0.39, 0.29) is 11.9 Å². The summed E-state index contributed by atoms with van der Waals surface area (Å²) >= 11 is 6.03. The molecule has 1 N–H and O–H groups in total. The highest BCUT2D eigenvalue weighted by Crippen LogP contribution is 2.24. The van der Waals surface area contributed by atoms with Crippen molar-refractivity contribution < 1.29 is 9.50 Å². The average molecular weight is 272 g/mol. The van der Waals surface area contributed by atoms with Gasteiger partial charge in [0.15, 0.2) is 0 Å². The maximum atomic E-state index is 13.0. The molecule has 1 aliphatic rings. The van der Waals surface area contributed by atoms with Crippen molar-refractivity contribution in [3.63, 3.8) is 0 Å². The molecular formula is C14H19ClFNO. The van der Waals surface area contributed by atoms with E-state index in [4.69, 9.17) is 11.6 Å². The van der Waals surface area contributed by atoms with Crippen molar-refractivity contribution in [1.82, 2.24) is 4.90 Å². The Hall–Kier alpha value is -0.640. The minimum Gasteiger partial charge on any atom is -0.393 e. The summed E-state index contributed by atoms with van der Waals surface area (Å²) in [5.74, 6) is 0.0298. The molecule has 1 saturated heterocycles. The van der Waals surface area contributed by atoms with Crippen molar-refractivity contribution >= 4 is 11.6 Å². The molecule has 1 fully saturated rings.